The van der Waals surface area contributed by atoms with Crippen molar-refractivity contribution >= 4 is 34.8 Å². The van der Waals surface area contributed by atoms with Gasteiger partial charge in [0.05, 0.1) is 4.92 Å². The molecule has 9 heteroatoms. The molecular weight excluding hydrogens is 348 g/mol. The molecule has 0 aromatic heterocycles. The van der Waals surface area contributed by atoms with E-state index in [1.54, 1.807) is 24.3 Å². The molecule has 0 aliphatic heterocycles. The number of nitrogens with two attached hydrogens (primary N) is 1. The molecule has 0 radical (unpaired) electrons. The largest absolute Gasteiger partial charge is 0.393 e. The van der Waals surface area contributed by atoms with E-state index in [1.165, 1.54) is 12.1 Å². The Kier molecular flexibility index (Phi) is 5.91. The SMILES string of the molecule is Nc1ccc(C(=O)NCCNC(=O)c2ccc(Cl)cc2)cc1[N+](=O)[O-]. The van der Waals surface area contributed by atoms with Gasteiger partial charge in [-0.25, -0.2) is 0 Å². The van der Waals surface area contributed by atoms with Crippen LogP contribution in [0.25, 0.3) is 0 Å². The number of nitro groups is 1. The fraction of sp³-hybridized carbons (Fsp3) is 0.125. The Hall–Kier alpha value is -3.13. The second-order valence-corrected chi connectivity index (χ2v) is 5.49. The van der Waals surface area contributed by atoms with Gasteiger partial charge in [0, 0.05) is 35.3 Å². The highest BCUT2D eigenvalue weighted by molar-refractivity contribution is 6.30. The van der Waals surface area contributed by atoms with Crippen molar-refractivity contribution in [3.05, 3.63) is 68.7 Å². The number of benzene rings is 2. The number of hydrogen-bond acceptors (Lipinski definition) is 5. The van der Waals surface area contributed by atoms with Gasteiger partial charge in [-0.2, -0.15) is 0 Å². The number of nitrogens with zero attached hydrogens (tertiary/aromatic N) is 1. The molecule has 2 aromatic carbocycles. The van der Waals surface area contributed by atoms with Crippen molar-refractivity contribution < 1.29 is 14.5 Å². The first-order valence-corrected chi connectivity index (χ1v) is 7.62. The van der Waals surface area contributed by atoms with Gasteiger partial charge in [-0.3, -0.25) is 19.7 Å². The predicted molar refractivity (Wildman–Crippen MR) is 93.6 cm³/mol. The lowest BCUT2D eigenvalue weighted by atomic mass is 10.1. The molecule has 2 amide bonds. The number of nitro benzene ring substituents is 1. The Morgan fingerprint density at radius 3 is 2.08 bits per heavy atom. The van der Waals surface area contributed by atoms with Gasteiger partial charge in [0.25, 0.3) is 17.5 Å². The molecule has 0 saturated carbocycles. The maximum absolute atomic E-state index is 12.0. The van der Waals surface area contributed by atoms with Crippen molar-refractivity contribution in [1.82, 2.24) is 10.6 Å². The monoisotopic (exact) mass is 362 g/mol. The van der Waals surface area contributed by atoms with E-state index in [0.29, 0.717) is 10.6 Å². The molecular formula is C16H15ClN4O4. The molecule has 0 aliphatic rings. The van der Waals surface area contributed by atoms with Crippen LogP contribution >= 0.6 is 11.6 Å². The molecule has 0 heterocycles. The molecule has 2 rings (SSSR count). The third-order valence-corrected chi connectivity index (χ3v) is 3.54. The summed E-state index contributed by atoms with van der Waals surface area (Å²) in [4.78, 5) is 34.0. The zero-order valence-corrected chi connectivity index (χ0v) is 13.7. The van der Waals surface area contributed by atoms with Crippen LogP contribution in [0.1, 0.15) is 20.7 Å². The predicted octanol–water partition coefficient (Wildman–Crippen LogP) is 1.99. The fourth-order valence-electron chi connectivity index (χ4n) is 2.00. The lowest BCUT2D eigenvalue weighted by Gasteiger charge is -2.08. The molecule has 0 saturated heterocycles. The van der Waals surface area contributed by atoms with E-state index < -0.39 is 10.8 Å². The summed E-state index contributed by atoms with van der Waals surface area (Å²) in [6.07, 6.45) is 0. The van der Waals surface area contributed by atoms with Crippen LogP contribution in [0.5, 0.6) is 0 Å². The Bertz CT molecular complexity index is 808. The van der Waals surface area contributed by atoms with E-state index in [1.807, 2.05) is 0 Å². The van der Waals surface area contributed by atoms with Crippen molar-refractivity contribution in [2.45, 2.75) is 0 Å². The molecule has 4 N–H and O–H groups in total. The minimum absolute atomic E-state index is 0.0169. The van der Waals surface area contributed by atoms with Gasteiger partial charge in [-0.15, -0.1) is 0 Å². The van der Waals surface area contributed by atoms with E-state index >= 15 is 0 Å². The quantitative estimate of drug-likeness (QED) is 0.313. The summed E-state index contributed by atoms with van der Waals surface area (Å²) >= 11 is 5.75. The van der Waals surface area contributed by atoms with Crippen molar-refractivity contribution in [1.29, 1.82) is 0 Å². The normalized spacial score (nSPS) is 10.1. The van der Waals surface area contributed by atoms with Crippen molar-refractivity contribution in [2.24, 2.45) is 0 Å². The Labute approximate surface area is 148 Å². The zero-order valence-electron chi connectivity index (χ0n) is 13.0. The van der Waals surface area contributed by atoms with Crippen LogP contribution in [0, 0.1) is 10.1 Å². The lowest BCUT2D eigenvalue weighted by Crippen LogP contribution is -2.34. The summed E-state index contributed by atoms with van der Waals surface area (Å²) in [5, 5.41) is 16.6. The van der Waals surface area contributed by atoms with E-state index in [4.69, 9.17) is 17.3 Å². The second kappa shape index (κ2) is 8.11. The van der Waals surface area contributed by atoms with E-state index in [9.17, 15) is 19.7 Å². The number of carbonyl (C=O) groups excluding carboxylic acids is 2. The third kappa shape index (κ3) is 4.92. The van der Waals surface area contributed by atoms with Gasteiger partial charge < -0.3 is 16.4 Å². The summed E-state index contributed by atoms with van der Waals surface area (Å²) < 4.78 is 0. The van der Waals surface area contributed by atoms with Gasteiger partial charge >= 0.3 is 0 Å². The summed E-state index contributed by atoms with van der Waals surface area (Å²) in [5.41, 5.74) is 5.70. The third-order valence-electron chi connectivity index (χ3n) is 3.29. The van der Waals surface area contributed by atoms with Crippen LogP contribution in [-0.4, -0.2) is 29.8 Å². The molecule has 2 aromatic rings. The highest BCUT2D eigenvalue weighted by Crippen LogP contribution is 2.22. The smallest absolute Gasteiger partial charge is 0.292 e. The number of amides is 2. The van der Waals surface area contributed by atoms with E-state index in [2.05, 4.69) is 10.6 Å². The van der Waals surface area contributed by atoms with Gasteiger partial charge in [0.1, 0.15) is 5.69 Å². The first-order chi connectivity index (χ1) is 11.9. The number of carbonyl (C=O) groups is 2. The van der Waals surface area contributed by atoms with Crippen molar-refractivity contribution in [3.8, 4) is 0 Å². The first kappa shape index (κ1) is 18.2. The van der Waals surface area contributed by atoms with Crippen LogP contribution in [0.15, 0.2) is 42.5 Å². The first-order valence-electron chi connectivity index (χ1n) is 7.24. The van der Waals surface area contributed by atoms with Gasteiger partial charge in [0.15, 0.2) is 0 Å². The minimum atomic E-state index is -0.654. The number of hydrogen-bond donors (Lipinski definition) is 3. The van der Waals surface area contributed by atoms with Crippen LogP contribution in [-0.2, 0) is 0 Å². The molecule has 0 bridgehead atoms. The molecule has 0 fully saturated rings. The Balaban J connectivity index is 1.84. The van der Waals surface area contributed by atoms with E-state index in [-0.39, 0.29) is 35.9 Å². The summed E-state index contributed by atoms with van der Waals surface area (Å²) in [7, 11) is 0. The van der Waals surface area contributed by atoms with Crippen LogP contribution in [0.3, 0.4) is 0 Å². The topological polar surface area (TPSA) is 127 Å². The van der Waals surface area contributed by atoms with Gasteiger partial charge in [0.2, 0.25) is 0 Å². The summed E-state index contributed by atoms with van der Waals surface area (Å²) in [5.74, 6) is -0.794. The maximum atomic E-state index is 12.0. The van der Waals surface area contributed by atoms with Crippen LogP contribution < -0.4 is 16.4 Å². The highest BCUT2D eigenvalue weighted by Gasteiger charge is 2.15. The average molecular weight is 363 g/mol. The zero-order chi connectivity index (χ0) is 18.4. The summed E-state index contributed by atoms with van der Waals surface area (Å²) in [6.45, 7) is 0.362. The molecule has 0 spiro atoms. The molecule has 130 valence electrons. The van der Waals surface area contributed by atoms with Crippen molar-refractivity contribution in [3.63, 3.8) is 0 Å². The number of nitrogens with one attached hydrogen (secondary N) is 2. The standard InChI is InChI=1S/C16H15ClN4O4/c17-12-4-1-10(2-5-12)15(22)19-7-8-20-16(23)11-3-6-13(18)14(9-11)21(24)25/h1-6,9H,7-8,18H2,(H,19,22)(H,20,23). The Morgan fingerprint density at radius 1 is 1.00 bits per heavy atom. The number of nitrogen functional groups attached to an aromatic ring is 1. The second-order valence-electron chi connectivity index (χ2n) is 5.05. The van der Waals surface area contributed by atoms with Gasteiger partial charge in [-0.05, 0) is 36.4 Å². The molecule has 8 nitrogen and oxygen atoms in total. The Morgan fingerprint density at radius 2 is 1.52 bits per heavy atom. The minimum Gasteiger partial charge on any atom is -0.393 e. The average Bonchev–Trinajstić information content (AvgIpc) is 2.59. The lowest BCUT2D eigenvalue weighted by molar-refractivity contribution is -0.383. The molecule has 0 unspecified atom stereocenters. The number of anilines is 1. The van der Waals surface area contributed by atoms with Crippen LogP contribution in [0.2, 0.25) is 5.02 Å². The number of rotatable bonds is 6. The maximum Gasteiger partial charge on any atom is 0.292 e. The number of halogens is 1. The highest BCUT2D eigenvalue weighted by atomic mass is 35.5. The summed E-state index contributed by atoms with van der Waals surface area (Å²) in [6, 6.07) is 10.2. The van der Waals surface area contributed by atoms with E-state index in [0.717, 1.165) is 6.07 Å². The van der Waals surface area contributed by atoms with Crippen LogP contribution in [0.4, 0.5) is 11.4 Å². The molecule has 0 atom stereocenters. The van der Waals surface area contributed by atoms with Crippen molar-refractivity contribution in [2.75, 3.05) is 18.8 Å². The molecule has 25 heavy (non-hydrogen) atoms. The molecule has 0 aliphatic carbocycles. The fourth-order valence-corrected chi connectivity index (χ4v) is 2.13. The van der Waals surface area contributed by atoms with Gasteiger partial charge in [-0.1, -0.05) is 11.6 Å².